The topological polar surface area (TPSA) is 77.1 Å². The van der Waals surface area contributed by atoms with Gasteiger partial charge in [0.2, 0.25) is 0 Å². The molecule has 0 saturated carbocycles. The monoisotopic (exact) mass is 401 g/mol. The molecule has 4 rings (SSSR count). The Balaban J connectivity index is 1.96. The molecule has 0 aliphatic carbocycles. The molecule has 152 valence electrons. The number of hydrogen-bond donors (Lipinski definition) is 1. The van der Waals surface area contributed by atoms with Gasteiger partial charge in [-0.25, -0.2) is 9.67 Å². The Labute approximate surface area is 173 Å². The minimum atomic E-state index is -0.342. The van der Waals surface area contributed by atoms with Crippen LogP contribution in [0.4, 0.5) is 5.69 Å². The van der Waals surface area contributed by atoms with Crippen molar-refractivity contribution in [3.63, 3.8) is 0 Å². The number of nitrogens with one attached hydrogen (secondary N) is 1. The zero-order valence-corrected chi connectivity index (χ0v) is 17.2. The summed E-state index contributed by atoms with van der Waals surface area (Å²) in [7, 11) is 1.80. The lowest BCUT2D eigenvalue weighted by Gasteiger charge is -2.11. The maximum absolute atomic E-state index is 13.1. The van der Waals surface area contributed by atoms with Crippen molar-refractivity contribution in [3.05, 3.63) is 98.5 Å². The molecular formula is C23H23N5O2. The van der Waals surface area contributed by atoms with Crippen molar-refractivity contribution >= 4 is 5.69 Å². The standard InChI is InChI=1S/C23H23N5O2/c1-4-27-20(17-11-7-5-8-12-17)15-19(22(29)25-27)24-21-16(2)26(3)28(23(21)30)18-13-9-6-10-14-18/h5-15H,4H2,1-3H3,(H,25,29). The molecule has 4 aromatic rings. The number of hydrogen-bond acceptors (Lipinski definition) is 3. The number of nitrogens with zero attached hydrogens (tertiary/aromatic N) is 4. The first-order chi connectivity index (χ1) is 14.5. The van der Waals surface area contributed by atoms with Gasteiger partial charge >= 0.3 is 0 Å². The number of aromatic amines is 1. The highest BCUT2D eigenvalue weighted by atomic mass is 16.1. The number of para-hydroxylation sites is 1. The fourth-order valence-corrected chi connectivity index (χ4v) is 3.50. The number of aryl methyl sites for hydroxylation is 1. The lowest BCUT2D eigenvalue weighted by Crippen LogP contribution is -2.32. The van der Waals surface area contributed by atoms with Gasteiger partial charge in [0, 0.05) is 13.6 Å². The summed E-state index contributed by atoms with van der Waals surface area (Å²) in [5.74, 6) is 0. The van der Waals surface area contributed by atoms with Crippen molar-refractivity contribution in [2.45, 2.75) is 20.4 Å². The van der Waals surface area contributed by atoms with E-state index in [1.54, 1.807) is 27.2 Å². The minimum Gasteiger partial charge on any atom is -0.285 e. The van der Waals surface area contributed by atoms with Crippen LogP contribution in [-0.2, 0) is 13.6 Å². The van der Waals surface area contributed by atoms with E-state index in [1.165, 1.54) is 0 Å². The second-order valence-corrected chi connectivity index (χ2v) is 6.99. The molecule has 0 saturated heterocycles. The molecule has 0 atom stereocenters. The Hall–Kier alpha value is -3.87. The van der Waals surface area contributed by atoms with Crippen LogP contribution < -0.4 is 16.5 Å². The summed E-state index contributed by atoms with van der Waals surface area (Å²) in [6, 6.07) is 20.9. The molecule has 0 radical (unpaired) electrons. The summed E-state index contributed by atoms with van der Waals surface area (Å²) >= 11 is 0. The van der Waals surface area contributed by atoms with Gasteiger partial charge in [0.05, 0.1) is 17.1 Å². The van der Waals surface area contributed by atoms with Crippen molar-refractivity contribution in [2.75, 3.05) is 0 Å². The number of aromatic nitrogens is 4. The lowest BCUT2D eigenvalue weighted by atomic mass is 10.1. The van der Waals surface area contributed by atoms with Gasteiger partial charge in [-0.15, -0.1) is 0 Å². The predicted molar refractivity (Wildman–Crippen MR) is 117 cm³/mol. The molecule has 0 bridgehead atoms. The molecule has 7 nitrogen and oxygen atoms in total. The van der Waals surface area contributed by atoms with Crippen LogP contribution in [0.2, 0.25) is 0 Å². The van der Waals surface area contributed by atoms with Crippen molar-refractivity contribution < 1.29 is 0 Å². The second kappa shape index (κ2) is 7.87. The van der Waals surface area contributed by atoms with Crippen LogP contribution in [0.25, 0.3) is 16.9 Å². The van der Waals surface area contributed by atoms with E-state index in [4.69, 9.17) is 0 Å². The van der Waals surface area contributed by atoms with Crippen LogP contribution >= 0.6 is 0 Å². The van der Waals surface area contributed by atoms with Crippen molar-refractivity contribution in [3.8, 4) is 16.9 Å². The molecular weight excluding hydrogens is 378 g/mol. The third-order valence-electron chi connectivity index (χ3n) is 5.18. The Morgan fingerprint density at radius 1 is 0.967 bits per heavy atom. The maximum Gasteiger partial charge on any atom is 0.297 e. The van der Waals surface area contributed by atoms with Crippen LogP contribution in [0.5, 0.6) is 0 Å². The smallest absolute Gasteiger partial charge is 0.285 e. The molecule has 0 unspecified atom stereocenters. The van der Waals surface area contributed by atoms with Gasteiger partial charge in [-0.1, -0.05) is 48.5 Å². The molecule has 0 aliphatic rings. The summed E-state index contributed by atoms with van der Waals surface area (Å²) in [5.41, 5.74) is 2.84. The first-order valence-corrected chi connectivity index (χ1v) is 9.79. The molecule has 2 heterocycles. The SMILES string of the molecule is CCn1[nH]c(=O)c(=Nc2c(C)n(C)n(-c3ccccc3)c2=O)cc1-c1ccccc1. The first-order valence-electron chi connectivity index (χ1n) is 9.79. The lowest BCUT2D eigenvalue weighted by molar-refractivity contribution is 0.630. The van der Waals surface area contributed by atoms with Crippen LogP contribution in [-0.4, -0.2) is 19.1 Å². The zero-order chi connectivity index (χ0) is 21.3. The summed E-state index contributed by atoms with van der Waals surface area (Å²) < 4.78 is 5.07. The Bertz CT molecular complexity index is 1370. The minimum absolute atomic E-state index is 0.199. The van der Waals surface area contributed by atoms with Gasteiger partial charge in [0.15, 0.2) is 5.69 Å². The molecule has 0 fully saturated rings. The summed E-state index contributed by atoms with van der Waals surface area (Å²) in [4.78, 5) is 30.3. The highest BCUT2D eigenvalue weighted by Gasteiger charge is 2.16. The van der Waals surface area contributed by atoms with Gasteiger partial charge in [0.1, 0.15) is 5.36 Å². The van der Waals surface area contributed by atoms with E-state index in [-0.39, 0.29) is 22.2 Å². The van der Waals surface area contributed by atoms with E-state index < -0.39 is 0 Å². The van der Waals surface area contributed by atoms with Crippen molar-refractivity contribution in [2.24, 2.45) is 12.0 Å². The number of H-pyrrole nitrogens is 1. The van der Waals surface area contributed by atoms with Crippen LogP contribution in [0.1, 0.15) is 12.6 Å². The van der Waals surface area contributed by atoms with Crippen LogP contribution in [0, 0.1) is 6.92 Å². The molecule has 1 N–H and O–H groups in total. The molecule has 2 aromatic heterocycles. The maximum atomic E-state index is 13.1. The Morgan fingerprint density at radius 3 is 2.23 bits per heavy atom. The van der Waals surface area contributed by atoms with Gasteiger partial charge in [-0.2, -0.15) is 0 Å². The van der Waals surface area contributed by atoms with Gasteiger partial charge in [-0.05, 0) is 37.6 Å². The van der Waals surface area contributed by atoms with Gasteiger partial charge in [-0.3, -0.25) is 24.1 Å². The summed E-state index contributed by atoms with van der Waals surface area (Å²) in [5, 5.41) is 3.06. The number of rotatable bonds is 4. The van der Waals surface area contributed by atoms with Gasteiger partial charge in [0.25, 0.3) is 11.1 Å². The van der Waals surface area contributed by atoms with E-state index in [1.807, 2.05) is 74.5 Å². The molecule has 7 heteroatoms. The highest BCUT2D eigenvalue weighted by molar-refractivity contribution is 5.58. The average Bonchev–Trinajstić information content (AvgIpc) is 2.99. The van der Waals surface area contributed by atoms with E-state index in [0.717, 1.165) is 16.9 Å². The largest absolute Gasteiger partial charge is 0.297 e. The van der Waals surface area contributed by atoms with E-state index in [0.29, 0.717) is 12.2 Å². The molecule has 0 aliphatic heterocycles. The second-order valence-electron chi connectivity index (χ2n) is 6.99. The summed E-state index contributed by atoms with van der Waals surface area (Å²) in [6.45, 7) is 4.38. The Morgan fingerprint density at radius 2 is 1.60 bits per heavy atom. The average molecular weight is 401 g/mol. The fraction of sp³-hybridized carbons (Fsp3) is 0.174. The zero-order valence-electron chi connectivity index (χ0n) is 17.2. The third kappa shape index (κ3) is 3.34. The highest BCUT2D eigenvalue weighted by Crippen LogP contribution is 2.18. The van der Waals surface area contributed by atoms with E-state index in [2.05, 4.69) is 10.1 Å². The van der Waals surface area contributed by atoms with E-state index in [9.17, 15) is 9.59 Å². The molecule has 0 amide bonds. The fourth-order valence-electron chi connectivity index (χ4n) is 3.50. The first kappa shape index (κ1) is 19.4. The van der Waals surface area contributed by atoms with Crippen molar-refractivity contribution in [1.82, 2.24) is 19.1 Å². The molecule has 30 heavy (non-hydrogen) atoms. The van der Waals surface area contributed by atoms with Crippen molar-refractivity contribution in [1.29, 1.82) is 0 Å². The number of benzene rings is 2. The third-order valence-corrected chi connectivity index (χ3v) is 5.18. The normalized spacial score (nSPS) is 11.8. The molecule has 0 spiro atoms. The quantitative estimate of drug-likeness (QED) is 0.571. The Kier molecular flexibility index (Phi) is 5.10. The summed E-state index contributed by atoms with van der Waals surface area (Å²) in [6.07, 6.45) is 0. The van der Waals surface area contributed by atoms with Gasteiger partial charge < -0.3 is 0 Å². The van der Waals surface area contributed by atoms with Crippen LogP contribution in [0.15, 0.2) is 81.3 Å². The predicted octanol–water partition coefficient (Wildman–Crippen LogP) is 2.89. The van der Waals surface area contributed by atoms with Crippen LogP contribution in [0.3, 0.4) is 0 Å². The van der Waals surface area contributed by atoms with E-state index >= 15 is 0 Å². The molecule has 2 aromatic carbocycles.